The van der Waals surface area contributed by atoms with Crippen molar-refractivity contribution in [2.24, 2.45) is 0 Å². The van der Waals surface area contributed by atoms with Crippen molar-refractivity contribution in [2.75, 3.05) is 32.7 Å². The van der Waals surface area contributed by atoms with Crippen LogP contribution in [0.25, 0.3) is 10.9 Å². The van der Waals surface area contributed by atoms with Gasteiger partial charge in [-0.15, -0.1) is 0 Å². The van der Waals surface area contributed by atoms with E-state index in [0.29, 0.717) is 16.5 Å². The van der Waals surface area contributed by atoms with Crippen LogP contribution in [0.1, 0.15) is 24.1 Å². The van der Waals surface area contributed by atoms with E-state index in [1.165, 1.54) is 14.2 Å². The summed E-state index contributed by atoms with van der Waals surface area (Å²) in [4.78, 5) is 29.2. The topological polar surface area (TPSA) is 101 Å². The summed E-state index contributed by atoms with van der Waals surface area (Å²) >= 11 is 6.02. The molecule has 2 N–H and O–H groups in total. The van der Waals surface area contributed by atoms with Crippen LogP contribution in [0.15, 0.2) is 6.07 Å². The van der Waals surface area contributed by atoms with Gasteiger partial charge < -0.3 is 24.8 Å². The molecule has 1 aromatic carbocycles. The van der Waals surface area contributed by atoms with E-state index in [9.17, 15) is 14.0 Å². The summed E-state index contributed by atoms with van der Waals surface area (Å²) in [5.41, 5.74) is 1.26. The average molecular weight is 412 g/mol. The highest BCUT2D eigenvalue weighted by Gasteiger charge is 2.35. The van der Waals surface area contributed by atoms with Gasteiger partial charge in [-0.1, -0.05) is 11.6 Å². The summed E-state index contributed by atoms with van der Waals surface area (Å²) in [6, 6.07) is 1.17. The molecule has 1 aliphatic rings. The summed E-state index contributed by atoms with van der Waals surface area (Å²) in [5.74, 6) is -1.77. The third-order valence-electron chi connectivity index (χ3n) is 4.70. The Morgan fingerprint density at radius 2 is 2.18 bits per heavy atom. The van der Waals surface area contributed by atoms with E-state index in [0.717, 1.165) is 0 Å². The van der Waals surface area contributed by atoms with Gasteiger partial charge in [0.1, 0.15) is 35.3 Å². The summed E-state index contributed by atoms with van der Waals surface area (Å²) < 4.78 is 25.0. The third kappa shape index (κ3) is 3.31. The van der Waals surface area contributed by atoms with Gasteiger partial charge in [0.2, 0.25) is 5.91 Å². The zero-order valence-corrected chi connectivity index (χ0v) is 16.3. The Kier molecular flexibility index (Phi) is 5.57. The lowest BCUT2D eigenvalue weighted by Gasteiger charge is -2.22. The molecule has 0 radical (unpaired) electrons. The lowest BCUT2D eigenvalue weighted by atomic mass is 10.00. The van der Waals surface area contributed by atoms with E-state index in [-0.39, 0.29) is 41.2 Å². The molecule has 1 amide bonds. The molecule has 1 atom stereocenters. The van der Waals surface area contributed by atoms with Crippen LogP contribution in [0.3, 0.4) is 0 Å². The van der Waals surface area contributed by atoms with Crippen molar-refractivity contribution in [2.45, 2.75) is 19.5 Å². The number of halogens is 2. The molecule has 0 spiro atoms. The minimum atomic E-state index is -1.10. The molecule has 0 saturated heterocycles. The second-order valence-electron chi connectivity index (χ2n) is 6.33. The number of anilines is 1. The number of aliphatic carboxylic acids is 1. The van der Waals surface area contributed by atoms with Gasteiger partial charge in [-0.3, -0.25) is 9.59 Å². The van der Waals surface area contributed by atoms with E-state index >= 15 is 0 Å². The molecule has 0 saturated carbocycles. The van der Waals surface area contributed by atoms with E-state index in [1.54, 1.807) is 17.9 Å². The largest absolute Gasteiger partial charge is 0.495 e. The summed E-state index contributed by atoms with van der Waals surface area (Å²) in [6.07, 6.45) is 0. The minimum Gasteiger partial charge on any atom is -0.495 e. The van der Waals surface area contributed by atoms with Crippen LogP contribution in [-0.2, 0) is 20.9 Å². The average Bonchev–Trinajstić information content (AvgIpc) is 3.01. The highest BCUT2D eigenvalue weighted by Crippen LogP contribution is 2.44. The van der Waals surface area contributed by atoms with Crippen molar-refractivity contribution in [1.82, 2.24) is 9.88 Å². The monoisotopic (exact) mass is 411 g/mol. The number of rotatable bonds is 6. The van der Waals surface area contributed by atoms with Crippen molar-refractivity contribution in [3.05, 3.63) is 28.0 Å². The van der Waals surface area contributed by atoms with Gasteiger partial charge in [0, 0.05) is 18.1 Å². The van der Waals surface area contributed by atoms with Crippen molar-refractivity contribution in [3.8, 4) is 5.75 Å². The van der Waals surface area contributed by atoms with Crippen LogP contribution in [-0.4, -0.2) is 54.2 Å². The Hall–Kier alpha value is -2.65. The fraction of sp³-hybridized carbons (Fsp3) is 0.389. The number of carboxylic acids is 1. The number of methoxy groups -OCH3 is 2. The fourth-order valence-electron chi connectivity index (χ4n) is 3.44. The molecule has 1 aromatic heterocycles. The molecule has 2 aromatic rings. The van der Waals surface area contributed by atoms with Crippen LogP contribution in [0.4, 0.5) is 10.2 Å². The number of ether oxygens (including phenoxy) is 2. The Morgan fingerprint density at radius 1 is 1.46 bits per heavy atom. The Bertz CT molecular complexity index is 968. The predicted molar refractivity (Wildman–Crippen MR) is 100 cm³/mol. The lowest BCUT2D eigenvalue weighted by molar-refractivity contribution is -0.137. The minimum absolute atomic E-state index is 0.0228. The number of carboxylic acid groups (broad SMARTS) is 1. The number of benzene rings is 1. The first kappa shape index (κ1) is 20.1. The molecule has 28 heavy (non-hydrogen) atoms. The molecule has 8 nitrogen and oxygen atoms in total. The number of amides is 1. The summed E-state index contributed by atoms with van der Waals surface area (Å²) in [6.45, 7) is 1.48. The number of fused-ring (bicyclic) bond motifs is 3. The van der Waals surface area contributed by atoms with Crippen molar-refractivity contribution >= 4 is 40.2 Å². The molecule has 0 fully saturated rings. The molecular formula is C18H19ClFN3O5. The van der Waals surface area contributed by atoms with E-state index in [2.05, 4.69) is 10.3 Å². The Morgan fingerprint density at radius 3 is 2.79 bits per heavy atom. The zero-order chi connectivity index (χ0) is 20.6. The molecular weight excluding hydrogens is 393 g/mol. The molecule has 0 bridgehead atoms. The first-order chi connectivity index (χ1) is 13.3. The maximum Gasteiger partial charge on any atom is 0.322 e. The lowest BCUT2D eigenvalue weighted by Crippen LogP contribution is -2.31. The second-order valence-corrected chi connectivity index (χ2v) is 6.71. The molecule has 1 aliphatic heterocycles. The molecule has 0 unspecified atom stereocenters. The SMILES string of the molecule is COCC(=O)N1Cc2c(NCC(=O)O)nc3c(F)c(Cl)c(OC)cc3c2[C@@H]1C. The number of pyridine rings is 1. The Labute approximate surface area is 165 Å². The number of carbonyl (C=O) groups excluding carboxylic acids is 1. The molecule has 150 valence electrons. The van der Waals surface area contributed by atoms with Crippen LogP contribution in [0, 0.1) is 5.82 Å². The van der Waals surface area contributed by atoms with Crippen molar-refractivity contribution < 1.29 is 28.6 Å². The second kappa shape index (κ2) is 7.76. The highest BCUT2D eigenvalue weighted by atomic mass is 35.5. The van der Waals surface area contributed by atoms with Gasteiger partial charge in [-0.05, 0) is 18.6 Å². The first-order valence-electron chi connectivity index (χ1n) is 8.42. The van der Waals surface area contributed by atoms with Gasteiger partial charge in [0.15, 0.2) is 5.82 Å². The number of carbonyl (C=O) groups is 2. The maximum absolute atomic E-state index is 14.9. The predicted octanol–water partition coefficient (Wildman–Crippen LogP) is 2.58. The number of nitrogens with one attached hydrogen (secondary N) is 1. The quantitative estimate of drug-likeness (QED) is 0.753. The third-order valence-corrected chi connectivity index (χ3v) is 5.05. The van der Waals surface area contributed by atoms with Gasteiger partial charge in [-0.25, -0.2) is 9.37 Å². The van der Waals surface area contributed by atoms with Crippen LogP contribution in [0.5, 0.6) is 5.75 Å². The maximum atomic E-state index is 14.9. The van der Waals surface area contributed by atoms with Gasteiger partial charge in [0.05, 0.1) is 19.7 Å². The van der Waals surface area contributed by atoms with Crippen LogP contribution >= 0.6 is 11.6 Å². The normalized spacial score (nSPS) is 15.6. The standard InChI is InChI=1S/C18H19ClFN3O5/c1-8-14-9-4-11(28-3)15(19)16(20)17(9)22-18(21-5-13(25)26)10(14)6-23(8)12(24)7-27-2/h4,8H,5-7H2,1-3H3,(H,21,22)(H,25,26)/t8-/m0/s1. The first-order valence-corrected chi connectivity index (χ1v) is 8.80. The van der Waals surface area contributed by atoms with Crippen molar-refractivity contribution in [1.29, 1.82) is 0 Å². The van der Waals surface area contributed by atoms with E-state index in [4.69, 9.17) is 26.2 Å². The number of aromatic nitrogens is 1. The number of hydrogen-bond acceptors (Lipinski definition) is 6. The molecule has 2 heterocycles. The van der Waals surface area contributed by atoms with E-state index < -0.39 is 24.4 Å². The van der Waals surface area contributed by atoms with Crippen LogP contribution < -0.4 is 10.1 Å². The van der Waals surface area contributed by atoms with Gasteiger partial charge in [-0.2, -0.15) is 0 Å². The molecule has 0 aliphatic carbocycles. The molecule has 10 heteroatoms. The van der Waals surface area contributed by atoms with Crippen molar-refractivity contribution in [3.63, 3.8) is 0 Å². The van der Waals surface area contributed by atoms with Gasteiger partial charge >= 0.3 is 5.97 Å². The summed E-state index contributed by atoms with van der Waals surface area (Å²) in [7, 11) is 2.80. The summed E-state index contributed by atoms with van der Waals surface area (Å²) in [5, 5.41) is 11.9. The van der Waals surface area contributed by atoms with Gasteiger partial charge in [0.25, 0.3) is 0 Å². The number of nitrogens with zero attached hydrogens (tertiary/aromatic N) is 2. The Balaban J connectivity index is 2.24. The van der Waals surface area contributed by atoms with E-state index in [1.807, 2.05) is 0 Å². The number of hydrogen-bond donors (Lipinski definition) is 2. The smallest absolute Gasteiger partial charge is 0.322 e. The highest BCUT2D eigenvalue weighted by molar-refractivity contribution is 6.33. The fourth-order valence-corrected chi connectivity index (χ4v) is 3.66. The van der Waals surface area contributed by atoms with Crippen LogP contribution in [0.2, 0.25) is 5.02 Å². The zero-order valence-electron chi connectivity index (χ0n) is 15.5. The molecule has 3 rings (SSSR count).